The maximum Gasteiger partial charge on any atom is 0.407 e. The molecule has 0 aromatic heterocycles. The smallest absolute Gasteiger partial charge is 0.407 e. The van der Waals surface area contributed by atoms with Gasteiger partial charge in [0.1, 0.15) is 24.2 Å². The SMILES string of the molecule is CC1(C)COc2cc(-c3ccc(OCc4ccccc4)cc3)ccc2C1NC(=O)O[C@@H]1CN2CCC1CC2. The van der Waals surface area contributed by atoms with E-state index in [9.17, 15) is 4.79 Å². The van der Waals surface area contributed by atoms with Gasteiger partial charge in [-0.25, -0.2) is 4.79 Å². The van der Waals surface area contributed by atoms with Gasteiger partial charge in [0.15, 0.2) is 0 Å². The highest BCUT2D eigenvalue weighted by molar-refractivity contribution is 5.70. The van der Waals surface area contributed by atoms with E-state index >= 15 is 0 Å². The normalized spacial score (nSPS) is 25.1. The summed E-state index contributed by atoms with van der Waals surface area (Å²) >= 11 is 0. The summed E-state index contributed by atoms with van der Waals surface area (Å²) in [5.74, 6) is 2.12. The minimum atomic E-state index is -0.329. The van der Waals surface area contributed by atoms with Crippen molar-refractivity contribution in [2.24, 2.45) is 11.3 Å². The molecular formula is C32H36N2O4. The van der Waals surface area contributed by atoms with Gasteiger partial charge in [-0.3, -0.25) is 4.90 Å². The van der Waals surface area contributed by atoms with Gasteiger partial charge >= 0.3 is 6.09 Å². The zero-order valence-corrected chi connectivity index (χ0v) is 22.2. The molecular weight excluding hydrogens is 476 g/mol. The number of alkyl carbamates (subject to hydrolysis) is 1. The lowest BCUT2D eigenvalue weighted by Crippen LogP contribution is -2.53. The number of amides is 1. The first-order chi connectivity index (χ1) is 18.4. The zero-order valence-electron chi connectivity index (χ0n) is 22.2. The van der Waals surface area contributed by atoms with Gasteiger partial charge in [0.25, 0.3) is 0 Å². The minimum absolute atomic E-state index is 0.0121. The van der Waals surface area contributed by atoms with E-state index in [-0.39, 0.29) is 23.7 Å². The lowest BCUT2D eigenvalue weighted by atomic mass is 9.78. The molecule has 7 rings (SSSR count). The number of hydrogen-bond acceptors (Lipinski definition) is 5. The van der Waals surface area contributed by atoms with Crippen molar-refractivity contribution < 1.29 is 19.0 Å². The molecule has 198 valence electrons. The lowest BCUT2D eigenvalue weighted by Gasteiger charge is -2.44. The Hall–Kier alpha value is -3.51. The first-order valence-corrected chi connectivity index (χ1v) is 13.7. The van der Waals surface area contributed by atoms with Gasteiger partial charge < -0.3 is 19.5 Å². The third-order valence-corrected chi connectivity index (χ3v) is 8.26. The second kappa shape index (κ2) is 10.3. The molecule has 2 atom stereocenters. The van der Waals surface area contributed by atoms with E-state index in [0.717, 1.165) is 66.2 Å². The third kappa shape index (κ3) is 5.23. The van der Waals surface area contributed by atoms with Crippen LogP contribution in [0.25, 0.3) is 11.1 Å². The van der Waals surface area contributed by atoms with Crippen LogP contribution in [0.1, 0.15) is 43.9 Å². The number of hydrogen-bond donors (Lipinski definition) is 1. The molecule has 1 amide bonds. The van der Waals surface area contributed by atoms with Crippen molar-refractivity contribution in [2.75, 3.05) is 26.2 Å². The summed E-state index contributed by atoms with van der Waals surface area (Å²) in [6, 6.07) is 24.3. The quantitative estimate of drug-likeness (QED) is 0.425. The number of fused-ring (bicyclic) bond motifs is 4. The van der Waals surface area contributed by atoms with E-state index in [1.807, 2.05) is 30.3 Å². The Kier molecular flexibility index (Phi) is 6.75. The zero-order chi connectivity index (χ0) is 26.1. The van der Waals surface area contributed by atoms with Crippen LogP contribution in [-0.2, 0) is 11.3 Å². The molecule has 3 saturated heterocycles. The molecule has 1 unspecified atom stereocenters. The van der Waals surface area contributed by atoms with Crippen LogP contribution >= 0.6 is 0 Å². The van der Waals surface area contributed by atoms with Crippen LogP contribution in [0.4, 0.5) is 4.79 Å². The number of piperidine rings is 3. The predicted molar refractivity (Wildman–Crippen MR) is 147 cm³/mol. The highest BCUT2D eigenvalue weighted by Crippen LogP contribution is 2.44. The molecule has 4 aliphatic rings. The van der Waals surface area contributed by atoms with E-state index < -0.39 is 0 Å². The van der Waals surface area contributed by atoms with Crippen LogP contribution in [-0.4, -0.2) is 43.3 Å². The number of ether oxygens (including phenoxy) is 3. The molecule has 6 nitrogen and oxygen atoms in total. The predicted octanol–water partition coefficient (Wildman–Crippen LogP) is 6.21. The Morgan fingerprint density at radius 1 is 1.00 bits per heavy atom. The van der Waals surface area contributed by atoms with Crippen LogP contribution in [0.2, 0.25) is 0 Å². The van der Waals surface area contributed by atoms with Gasteiger partial charge in [0.2, 0.25) is 0 Å². The molecule has 0 saturated carbocycles. The lowest BCUT2D eigenvalue weighted by molar-refractivity contribution is -0.0361. The van der Waals surface area contributed by atoms with Crippen LogP contribution in [0, 0.1) is 11.3 Å². The van der Waals surface area contributed by atoms with Crippen LogP contribution in [0.5, 0.6) is 11.5 Å². The van der Waals surface area contributed by atoms with Crippen LogP contribution in [0.15, 0.2) is 72.8 Å². The van der Waals surface area contributed by atoms with Crippen molar-refractivity contribution in [3.8, 4) is 22.6 Å². The van der Waals surface area contributed by atoms with Crippen molar-refractivity contribution in [1.29, 1.82) is 0 Å². The molecule has 3 aromatic carbocycles. The molecule has 3 aromatic rings. The largest absolute Gasteiger partial charge is 0.493 e. The van der Waals surface area contributed by atoms with E-state index in [1.165, 1.54) is 0 Å². The second-order valence-electron chi connectivity index (χ2n) is 11.5. The molecule has 0 spiro atoms. The Balaban J connectivity index is 1.14. The number of rotatable bonds is 6. The minimum Gasteiger partial charge on any atom is -0.493 e. The number of carbonyl (C=O) groups excluding carboxylic acids is 1. The number of nitrogens with zero attached hydrogens (tertiary/aromatic N) is 1. The molecule has 0 radical (unpaired) electrons. The monoisotopic (exact) mass is 512 g/mol. The molecule has 3 fully saturated rings. The summed E-state index contributed by atoms with van der Waals surface area (Å²) in [5.41, 5.74) is 4.01. The first kappa shape index (κ1) is 24.8. The van der Waals surface area contributed by atoms with Crippen molar-refractivity contribution in [3.63, 3.8) is 0 Å². The topological polar surface area (TPSA) is 60.0 Å². The fourth-order valence-corrected chi connectivity index (χ4v) is 5.94. The fourth-order valence-electron chi connectivity index (χ4n) is 5.94. The van der Waals surface area contributed by atoms with Gasteiger partial charge in [0, 0.05) is 17.5 Å². The van der Waals surface area contributed by atoms with Crippen LogP contribution < -0.4 is 14.8 Å². The van der Waals surface area contributed by atoms with Gasteiger partial charge in [-0.2, -0.15) is 0 Å². The summed E-state index contributed by atoms with van der Waals surface area (Å²) in [4.78, 5) is 15.4. The third-order valence-electron chi connectivity index (χ3n) is 8.26. The van der Waals surface area contributed by atoms with Gasteiger partial charge in [0.05, 0.1) is 12.6 Å². The average molecular weight is 513 g/mol. The van der Waals surface area contributed by atoms with E-state index in [0.29, 0.717) is 19.1 Å². The highest BCUT2D eigenvalue weighted by atomic mass is 16.6. The first-order valence-electron chi connectivity index (χ1n) is 13.7. The molecule has 6 heteroatoms. The molecule has 1 N–H and O–H groups in total. The fraction of sp³-hybridized carbons (Fsp3) is 0.406. The van der Waals surface area contributed by atoms with Crippen molar-refractivity contribution in [2.45, 2.75) is 45.4 Å². The molecule has 4 aliphatic heterocycles. The highest BCUT2D eigenvalue weighted by Gasteiger charge is 2.41. The number of benzene rings is 3. The summed E-state index contributed by atoms with van der Waals surface area (Å²) in [6.45, 7) is 8.40. The van der Waals surface area contributed by atoms with Crippen molar-refractivity contribution in [1.82, 2.24) is 10.2 Å². The standard InChI is InChI=1S/C32H36N2O4/c1-32(2)21-37-28-18-25(23-8-11-26(12-9-23)36-20-22-6-4-3-5-7-22)10-13-27(28)30(32)33-31(35)38-29-19-34-16-14-24(29)15-17-34/h3-13,18,24,29-30H,14-17,19-21H2,1-2H3,(H,33,35)/t29-,30?/m1/s1. The van der Waals surface area contributed by atoms with E-state index in [1.54, 1.807) is 0 Å². The second-order valence-corrected chi connectivity index (χ2v) is 11.5. The van der Waals surface area contributed by atoms with Gasteiger partial charge in [-0.15, -0.1) is 0 Å². The van der Waals surface area contributed by atoms with Crippen LogP contribution in [0.3, 0.4) is 0 Å². The average Bonchev–Trinajstić information content (AvgIpc) is 2.95. The van der Waals surface area contributed by atoms with E-state index in [4.69, 9.17) is 14.2 Å². The number of carbonyl (C=O) groups is 1. The maximum absolute atomic E-state index is 13.0. The Bertz CT molecular complexity index is 1270. The van der Waals surface area contributed by atoms with Gasteiger partial charge in [-0.05, 0) is 66.7 Å². The van der Waals surface area contributed by atoms with Gasteiger partial charge in [-0.1, -0.05) is 68.4 Å². The van der Waals surface area contributed by atoms with Crippen molar-refractivity contribution >= 4 is 6.09 Å². The maximum atomic E-state index is 13.0. The molecule has 2 bridgehead atoms. The summed E-state index contributed by atoms with van der Waals surface area (Å²) in [7, 11) is 0. The van der Waals surface area contributed by atoms with Crippen molar-refractivity contribution in [3.05, 3.63) is 83.9 Å². The summed E-state index contributed by atoms with van der Waals surface area (Å²) in [5, 5.41) is 3.19. The van der Waals surface area contributed by atoms with E-state index in [2.05, 4.69) is 66.5 Å². The Morgan fingerprint density at radius 2 is 1.74 bits per heavy atom. The molecule has 4 heterocycles. The number of nitrogens with one attached hydrogen (secondary N) is 1. The summed E-state index contributed by atoms with van der Waals surface area (Å²) in [6.07, 6.45) is 1.89. The Morgan fingerprint density at radius 3 is 2.45 bits per heavy atom. The molecule has 38 heavy (non-hydrogen) atoms. The Labute approximate surface area is 224 Å². The summed E-state index contributed by atoms with van der Waals surface area (Å²) < 4.78 is 18.1. The molecule has 0 aliphatic carbocycles.